The first-order valence-electron chi connectivity index (χ1n) is 8.63. The lowest BCUT2D eigenvalue weighted by Gasteiger charge is -2.31. The molecule has 1 saturated heterocycles. The molecule has 118 valence electrons. The van der Waals surface area contributed by atoms with Gasteiger partial charge in [-0.15, -0.1) is 0 Å². The molecule has 3 unspecified atom stereocenters. The summed E-state index contributed by atoms with van der Waals surface area (Å²) in [6.45, 7) is 10.6. The predicted molar refractivity (Wildman–Crippen MR) is 84.9 cm³/mol. The van der Waals surface area contributed by atoms with Gasteiger partial charge in [0.2, 0.25) is 0 Å². The van der Waals surface area contributed by atoms with Gasteiger partial charge in [-0.05, 0) is 51.0 Å². The van der Waals surface area contributed by atoms with Crippen LogP contribution in [0.2, 0.25) is 0 Å². The number of unbranched alkanes of at least 4 members (excludes halogenated alkanes) is 1. The van der Waals surface area contributed by atoms with Crippen molar-refractivity contribution in [1.82, 2.24) is 10.2 Å². The molecule has 1 aliphatic carbocycles. The Morgan fingerprint density at radius 2 is 1.85 bits per heavy atom. The Hall–Kier alpha value is -0.120. The molecule has 2 N–H and O–H groups in total. The number of hydrogen-bond donors (Lipinski definition) is 2. The van der Waals surface area contributed by atoms with Crippen LogP contribution in [-0.4, -0.2) is 47.8 Å². The zero-order valence-corrected chi connectivity index (χ0v) is 13.7. The quantitative estimate of drug-likeness (QED) is 0.672. The van der Waals surface area contributed by atoms with Crippen molar-refractivity contribution in [3.05, 3.63) is 0 Å². The number of nitrogens with zero attached hydrogens (tertiary/aromatic N) is 1. The lowest BCUT2D eigenvalue weighted by Crippen LogP contribution is -2.49. The van der Waals surface area contributed by atoms with E-state index in [1.165, 1.54) is 51.7 Å². The fourth-order valence-electron chi connectivity index (χ4n) is 4.26. The van der Waals surface area contributed by atoms with Gasteiger partial charge in [-0.1, -0.05) is 26.7 Å². The maximum Gasteiger partial charge on any atom is 0.0610 e. The highest BCUT2D eigenvalue weighted by Gasteiger charge is 2.35. The second-order valence-corrected chi connectivity index (χ2v) is 7.69. The highest BCUT2D eigenvalue weighted by atomic mass is 16.3. The van der Waals surface area contributed by atoms with Gasteiger partial charge < -0.3 is 15.3 Å². The van der Waals surface area contributed by atoms with Gasteiger partial charge in [-0.25, -0.2) is 0 Å². The number of aliphatic hydroxyl groups excluding tert-OH is 1. The van der Waals surface area contributed by atoms with E-state index in [1.807, 2.05) is 0 Å². The molecule has 0 spiro atoms. The van der Waals surface area contributed by atoms with Crippen molar-refractivity contribution in [2.75, 3.05) is 26.2 Å². The summed E-state index contributed by atoms with van der Waals surface area (Å²) >= 11 is 0. The molecule has 2 rings (SSSR count). The maximum atomic E-state index is 9.58. The highest BCUT2D eigenvalue weighted by Crippen LogP contribution is 2.37. The lowest BCUT2D eigenvalue weighted by molar-refractivity contribution is 0.152. The molecule has 1 saturated carbocycles. The first-order valence-corrected chi connectivity index (χ1v) is 8.63. The minimum absolute atomic E-state index is 0.102. The summed E-state index contributed by atoms with van der Waals surface area (Å²) in [6, 6.07) is 0.435. The van der Waals surface area contributed by atoms with Crippen molar-refractivity contribution in [3.63, 3.8) is 0 Å². The molecule has 3 heteroatoms. The standard InChI is InChI=1S/C17H34N2O/c1-14(2)18-17(3,13-20)9-4-5-10-19-11-15-7-6-8-16(15)12-19/h14-16,18,20H,4-13H2,1-3H3. The van der Waals surface area contributed by atoms with E-state index < -0.39 is 0 Å². The number of fused-ring (bicyclic) bond motifs is 1. The van der Waals surface area contributed by atoms with Crippen LogP contribution in [0.3, 0.4) is 0 Å². The van der Waals surface area contributed by atoms with E-state index in [0.29, 0.717) is 6.04 Å². The van der Waals surface area contributed by atoms with Crippen molar-refractivity contribution in [2.45, 2.75) is 70.9 Å². The van der Waals surface area contributed by atoms with E-state index in [4.69, 9.17) is 0 Å². The summed E-state index contributed by atoms with van der Waals surface area (Å²) in [5.41, 5.74) is -0.102. The number of nitrogens with one attached hydrogen (secondary N) is 1. The van der Waals surface area contributed by atoms with Crippen molar-refractivity contribution in [2.24, 2.45) is 11.8 Å². The van der Waals surface area contributed by atoms with Gasteiger partial charge in [-0.2, -0.15) is 0 Å². The molecule has 0 aromatic carbocycles. The van der Waals surface area contributed by atoms with Gasteiger partial charge in [0.05, 0.1) is 6.61 Å². The van der Waals surface area contributed by atoms with Gasteiger partial charge in [0.25, 0.3) is 0 Å². The molecule has 2 aliphatic rings. The van der Waals surface area contributed by atoms with E-state index in [-0.39, 0.29) is 12.1 Å². The summed E-state index contributed by atoms with van der Waals surface area (Å²) in [5, 5.41) is 13.1. The Kier molecular flexibility index (Phi) is 5.88. The molecule has 1 heterocycles. The molecule has 3 nitrogen and oxygen atoms in total. The monoisotopic (exact) mass is 282 g/mol. The number of likely N-dealkylation sites (tertiary alicyclic amines) is 1. The van der Waals surface area contributed by atoms with Gasteiger partial charge in [-0.3, -0.25) is 0 Å². The maximum absolute atomic E-state index is 9.58. The average molecular weight is 282 g/mol. The predicted octanol–water partition coefficient (Wildman–Crippen LogP) is 2.64. The fraction of sp³-hybridized carbons (Fsp3) is 1.00. The van der Waals surface area contributed by atoms with Crippen LogP contribution in [0.4, 0.5) is 0 Å². The Bertz CT molecular complexity index is 283. The highest BCUT2D eigenvalue weighted by molar-refractivity contribution is 4.88. The van der Waals surface area contributed by atoms with Crippen molar-refractivity contribution < 1.29 is 5.11 Å². The minimum atomic E-state index is -0.102. The van der Waals surface area contributed by atoms with Crippen LogP contribution in [0.5, 0.6) is 0 Å². The van der Waals surface area contributed by atoms with Gasteiger partial charge in [0, 0.05) is 24.7 Å². The lowest BCUT2D eigenvalue weighted by atomic mass is 9.94. The van der Waals surface area contributed by atoms with Crippen LogP contribution in [0.1, 0.15) is 59.3 Å². The van der Waals surface area contributed by atoms with Crippen LogP contribution < -0.4 is 5.32 Å². The molecule has 0 radical (unpaired) electrons. The van der Waals surface area contributed by atoms with Crippen LogP contribution in [0.25, 0.3) is 0 Å². The van der Waals surface area contributed by atoms with Crippen LogP contribution in [-0.2, 0) is 0 Å². The molecule has 0 aromatic heterocycles. The van der Waals surface area contributed by atoms with E-state index in [0.717, 1.165) is 18.3 Å². The summed E-state index contributed by atoms with van der Waals surface area (Å²) in [6.07, 6.45) is 7.98. The first-order chi connectivity index (χ1) is 9.52. The van der Waals surface area contributed by atoms with Crippen molar-refractivity contribution in [1.29, 1.82) is 0 Å². The fourth-order valence-corrected chi connectivity index (χ4v) is 4.26. The van der Waals surface area contributed by atoms with Crippen molar-refractivity contribution >= 4 is 0 Å². The van der Waals surface area contributed by atoms with Crippen molar-refractivity contribution in [3.8, 4) is 0 Å². The SMILES string of the molecule is CC(C)NC(C)(CO)CCCCN1CC2CCCC2C1. The van der Waals surface area contributed by atoms with E-state index in [1.54, 1.807) is 0 Å². The average Bonchev–Trinajstić information content (AvgIpc) is 2.94. The largest absolute Gasteiger partial charge is 0.394 e. The molecule has 0 aromatic rings. The minimum Gasteiger partial charge on any atom is -0.394 e. The smallest absolute Gasteiger partial charge is 0.0610 e. The molecule has 3 atom stereocenters. The Labute approximate surface area is 125 Å². The Morgan fingerprint density at radius 1 is 1.20 bits per heavy atom. The van der Waals surface area contributed by atoms with E-state index >= 15 is 0 Å². The number of aliphatic hydroxyl groups is 1. The van der Waals surface area contributed by atoms with E-state index in [2.05, 4.69) is 31.0 Å². The third-order valence-corrected chi connectivity index (χ3v) is 5.24. The Balaban J connectivity index is 1.61. The summed E-state index contributed by atoms with van der Waals surface area (Å²) in [4.78, 5) is 2.68. The van der Waals surface area contributed by atoms with Crippen LogP contribution in [0, 0.1) is 11.8 Å². The first kappa shape index (κ1) is 16.3. The van der Waals surface area contributed by atoms with Crippen LogP contribution in [0.15, 0.2) is 0 Å². The molecule has 1 aliphatic heterocycles. The van der Waals surface area contributed by atoms with E-state index in [9.17, 15) is 5.11 Å². The molecule has 2 fully saturated rings. The normalized spacial score (nSPS) is 29.9. The zero-order chi connectivity index (χ0) is 14.6. The zero-order valence-electron chi connectivity index (χ0n) is 13.7. The third-order valence-electron chi connectivity index (χ3n) is 5.24. The number of rotatable bonds is 8. The summed E-state index contributed by atoms with van der Waals surface area (Å²) in [7, 11) is 0. The second-order valence-electron chi connectivity index (χ2n) is 7.69. The van der Waals surface area contributed by atoms with Crippen LogP contribution >= 0.6 is 0 Å². The molecular weight excluding hydrogens is 248 g/mol. The topological polar surface area (TPSA) is 35.5 Å². The third kappa shape index (κ3) is 4.44. The number of hydrogen-bond acceptors (Lipinski definition) is 3. The summed E-state index contributed by atoms with van der Waals surface area (Å²) in [5.74, 6) is 2.03. The molecule has 20 heavy (non-hydrogen) atoms. The van der Waals surface area contributed by atoms with Gasteiger partial charge in [0.15, 0.2) is 0 Å². The Morgan fingerprint density at radius 3 is 2.40 bits per heavy atom. The second kappa shape index (κ2) is 7.24. The molecule has 0 bridgehead atoms. The molecular formula is C17H34N2O. The summed E-state index contributed by atoms with van der Waals surface area (Å²) < 4.78 is 0. The molecule has 0 amide bonds. The van der Waals surface area contributed by atoms with Gasteiger partial charge in [0.1, 0.15) is 0 Å². The van der Waals surface area contributed by atoms with Gasteiger partial charge >= 0.3 is 0 Å².